The molecule has 0 spiro atoms. The normalized spacial score (nSPS) is 21.2. The molecule has 0 saturated carbocycles. The summed E-state index contributed by atoms with van der Waals surface area (Å²) in [5.74, 6) is -1.01. The number of ether oxygens (including phenoxy) is 2. The topological polar surface area (TPSA) is 35.5 Å². The van der Waals surface area contributed by atoms with Crippen molar-refractivity contribution in [2.45, 2.75) is 19.6 Å². The lowest BCUT2D eigenvalue weighted by molar-refractivity contribution is -0.159. The Kier molecular flexibility index (Phi) is 2.23. The monoisotopic (exact) mass is 204 g/mol. The summed E-state index contributed by atoms with van der Waals surface area (Å²) in [6, 6.07) is 9.51. The molecule has 1 fully saturated rings. The number of carbonyl (C=O) groups is 1. The summed E-state index contributed by atoms with van der Waals surface area (Å²) < 4.78 is 10.4. The first-order valence-corrected chi connectivity index (χ1v) is 4.76. The van der Waals surface area contributed by atoms with Crippen LogP contribution in [0.1, 0.15) is 19.4 Å². The van der Waals surface area contributed by atoms with Crippen LogP contribution in [-0.2, 0) is 14.3 Å². The minimum Gasteiger partial charge on any atom is -0.445 e. The minimum absolute atomic E-state index is 0.256. The molecule has 0 aliphatic carbocycles. The molecule has 78 valence electrons. The molecule has 0 atom stereocenters. The van der Waals surface area contributed by atoms with E-state index in [2.05, 4.69) is 0 Å². The van der Waals surface area contributed by atoms with Gasteiger partial charge in [-0.3, -0.25) is 0 Å². The third-order valence-electron chi connectivity index (χ3n) is 1.99. The Bertz CT molecular complexity index is 404. The molecule has 1 aromatic rings. The van der Waals surface area contributed by atoms with Gasteiger partial charge in [-0.2, -0.15) is 0 Å². The van der Waals surface area contributed by atoms with E-state index in [4.69, 9.17) is 9.47 Å². The lowest BCUT2D eigenvalue weighted by Crippen LogP contribution is -2.19. The first kappa shape index (κ1) is 9.77. The Morgan fingerprint density at radius 3 is 2.33 bits per heavy atom. The van der Waals surface area contributed by atoms with Crippen LogP contribution in [-0.4, -0.2) is 11.8 Å². The van der Waals surface area contributed by atoms with E-state index in [9.17, 15) is 4.79 Å². The zero-order valence-electron chi connectivity index (χ0n) is 8.69. The SMILES string of the molecule is CC1(C)OC(=O)/C(=C/c2ccccc2)O1. The molecule has 0 radical (unpaired) electrons. The Morgan fingerprint density at radius 1 is 1.13 bits per heavy atom. The molecule has 0 unspecified atom stereocenters. The summed E-state index contributed by atoms with van der Waals surface area (Å²) in [5, 5.41) is 0. The van der Waals surface area contributed by atoms with Crippen molar-refractivity contribution in [1.82, 2.24) is 0 Å². The van der Waals surface area contributed by atoms with Gasteiger partial charge in [-0.15, -0.1) is 0 Å². The van der Waals surface area contributed by atoms with Crippen LogP contribution in [0.5, 0.6) is 0 Å². The van der Waals surface area contributed by atoms with E-state index in [1.165, 1.54) is 0 Å². The van der Waals surface area contributed by atoms with Gasteiger partial charge in [0.25, 0.3) is 0 Å². The Labute approximate surface area is 88.3 Å². The summed E-state index contributed by atoms with van der Waals surface area (Å²) in [5.41, 5.74) is 0.919. The number of hydrogen-bond acceptors (Lipinski definition) is 3. The van der Waals surface area contributed by atoms with Crippen LogP contribution >= 0.6 is 0 Å². The average Bonchev–Trinajstić information content (AvgIpc) is 2.41. The van der Waals surface area contributed by atoms with Gasteiger partial charge in [-0.1, -0.05) is 30.3 Å². The van der Waals surface area contributed by atoms with E-state index in [0.29, 0.717) is 0 Å². The van der Waals surface area contributed by atoms with Gasteiger partial charge in [0.2, 0.25) is 11.5 Å². The molecule has 1 heterocycles. The van der Waals surface area contributed by atoms with Crippen molar-refractivity contribution in [3.8, 4) is 0 Å². The fourth-order valence-electron chi connectivity index (χ4n) is 1.39. The van der Waals surface area contributed by atoms with Crippen molar-refractivity contribution < 1.29 is 14.3 Å². The van der Waals surface area contributed by atoms with Crippen LogP contribution in [0.4, 0.5) is 0 Å². The highest BCUT2D eigenvalue weighted by molar-refractivity contribution is 5.93. The lowest BCUT2D eigenvalue weighted by atomic mass is 10.2. The van der Waals surface area contributed by atoms with Crippen molar-refractivity contribution >= 4 is 12.0 Å². The third-order valence-corrected chi connectivity index (χ3v) is 1.99. The highest BCUT2D eigenvalue weighted by atomic mass is 16.8. The summed E-state index contributed by atoms with van der Waals surface area (Å²) in [6.45, 7) is 3.41. The van der Waals surface area contributed by atoms with Crippen LogP contribution in [0.15, 0.2) is 36.1 Å². The third kappa shape index (κ3) is 2.18. The van der Waals surface area contributed by atoms with Gasteiger partial charge in [-0.05, 0) is 11.6 Å². The van der Waals surface area contributed by atoms with Gasteiger partial charge in [-0.25, -0.2) is 4.79 Å². The average molecular weight is 204 g/mol. The van der Waals surface area contributed by atoms with Gasteiger partial charge in [0.05, 0.1) is 0 Å². The number of cyclic esters (lactones) is 1. The molecule has 1 aliphatic heterocycles. The maximum atomic E-state index is 11.4. The minimum atomic E-state index is -0.850. The second-order valence-corrected chi connectivity index (χ2v) is 3.81. The zero-order chi connectivity index (χ0) is 10.9. The van der Waals surface area contributed by atoms with E-state index >= 15 is 0 Å². The van der Waals surface area contributed by atoms with Gasteiger partial charge in [0, 0.05) is 13.8 Å². The van der Waals surface area contributed by atoms with E-state index in [0.717, 1.165) is 5.56 Å². The summed E-state index contributed by atoms with van der Waals surface area (Å²) in [4.78, 5) is 11.4. The highest BCUT2D eigenvalue weighted by Crippen LogP contribution is 2.27. The largest absolute Gasteiger partial charge is 0.445 e. The van der Waals surface area contributed by atoms with Crippen LogP contribution in [0, 0.1) is 0 Å². The van der Waals surface area contributed by atoms with Crippen molar-refractivity contribution in [3.05, 3.63) is 41.7 Å². The van der Waals surface area contributed by atoms with Gasteiger partial charge >= 0.3 is 5.97 Å². The standard InChI is InChI=1S/C12H12O3/c1-12(2)14-10(11(13)15-12)8-9-6-4-3-5-7-9/h3-8H,1-2H3/b10-8-. The van der Waals surface area contributed by atoms with Gasteiger partial charge < -0.3 is 9.47 Å². The molecular formula is C12H12O3. The summed E-state index contributed by atoms with van der Waals surface area (Å²) >= 11 is 0. The molecular weight excluding hydrogens is 192 g/mol. The molecule has 0 aromatic heterocycles. The Hall–Kier alpha value is -1.77. The van der Waals surface area contributed by atoms with Gasteiger partial charge in [0.1, 0.15) is 0 Å². The highest BCUT2D eigenvalue weighted by Gasteiger charge is 2.37. The summed E-state index contributed by atoms with van der Waals surface area (Å²) in [6.07, 6.45) is 1.68. The first-order chi connectivity index (χ1) is 7.07. The second-order valence-electron chi connectivity index (χ2n) is 3.81. The number of rotatable bonds is 1. The number of carbonyl (C=O) groups excluding carboxylic acids is 1. The van der Waals surface area contributed by atoms with Crippen LogP contribution in [0.3, 0.4) is 0 Å². The second kappa shape index (κ2) is 3.42. The van der Waals surface area contributed by atoms with Crippen LogP contribution < -0.4 is 0 Å². The Balaban J connectivity index is 2.26. The van der Waals surface area contributed by atoms with Crippen molar-refractivity contribution in [2.24, 2.45) is 0 Å². The van der Waals surface area contributed by atoms with E-state index < -0.39 is 11.8 Å². The molecule has 3 heteroatoms. The lowest BCUT2D eigenvalue weighted by Gasteiger charge is -2.13. The number of benzene rings is 1. The maximum absolute atomic E-state index is 11.4. The molecule has 0 bridgehead atoms. The predicted octanol–water partition coefficient (Wildman–Crippen LogP) is 2.34. The van der Waals surface area contributed by atoms with Crippen molar-refractivity contribution in [1.29, 1.82) is 0 Å². The molecule has 1 saturated heterocycles. The molecule has 1 aliphatic rings. The number of hydrogen-bond donors (Lipinski definition) is 0. The van der Waals surface area contributed by atoms with E-state index in [1.807, 2.05) is 30.3 Å². The maximum Gasteiger partial charge on any atom is 0.377 e. The van der Waals surface area contributed by atoms with E-state index in [1.54, 1.807) is 19.9 Å². The molecule has 15 heavy (non-hydrogen) atoms. The van der Waals surface area contributed by atoms with E-state index in [-0.39, 0.29) is 5.76 Å². The van der Waals surface area contributed by atoms with Crippen molar-refractivity contribution in [2.75, 3.05) is 0 Å². The smallest absolute Gasteiger partial charge is 0.377 e. The van der Waals surface area contributed by atoms with Gasteiger partial charge in [0.15, 0.2) is 0 Å². The molecule has 0 N–H and O–H groups in total. The first-order valence-electron chi connectivity index (χ1n) is 4.76. The molecule has 1 aromatic carbocycles. The van der Waals surface area contributed by atoms with Crippen LogP contribution in [0.2, 0.25) is 0 Å². The number of esters is 1. The molecule has 3 nitrogen and oxygen atoms in total. The van der Waals surface area contributed by atoms with Crippen LogP contribution in [0.25, 0.3) is 6.08 Å². The predicted molar refractivity (Wildman–Crippen MR) is 55.7 cm³/mol. The fourth-order valence-corrected chi connectivity index (χ4v) is 1.39. The fraction of sp³-hybridized carbons (Fsp3) is 0.250. The molecule has 0 amide bonds. The molecule has 2 rings (SSSR count). The quantitative estimate of drug-likeness (QED) is 0.520. The summed E-state index contributed by atoms with van der Waals surface area (Å²) in [7, 11) is 0. The van der Waals surface area contributed by atoms with Crippen molar-refractivity contribution in [3.63, 3.8) is 0 Å². The Morgan fingerprint density at radius 2 is 1.80 bits per heavy atom. The zero-order valence-corrected chi connectivity index (χ0v) is 8.69.